The van der Waals surface area contributed by atoms with E-state index in [1.807, 2.05) is 0 Å². The van der Waals surface area contributed by atoms with Crippen LogP contribution in [-0.2, 0) is 4.57 Å². The Labute approximate surface area is 122 Å². The Kier molecular flexibility index (Phi) is 9.97. The van der Waals surface area contributed by atoms with Crippen LogP contribution in [-0.4, -0.2) is 11.3 Å². The Morgan fingerprint density at radius 1 is 1.00 bits per heavy atom. The summed E-state index contributed by atoms with van der Waals surface area (Å²) in [5.41, 5.74) is 0. The van der Waals surface area contributed by atoms with Gasteiger partial charge >= 0.3 is 7.80 Å². The van der Waals surface area contributed by atoms with Gasteiger partial charge in [0.2, 0.25) is 0 Å². The van der Waals surface area contributed by atoms with Crippen molar-refractivity contribution in [2.75, 3.05) is 6.16 Å². The monoisotopic (exact) mass is 287 g/mol. The van der Waals surface area contributed by atoms with Crippen LogP contribution in [0.15, 0.2) is 0 Å². The molecule has 19 heavy (non-hydrogen) atoms. The maximum atomic E-state index is 12.8. The van der Waals surface area contributed by atoms with Crippen LogP contribution in [0.25, 0.3) is 0 Å². The maximum absolute atomic E-state index is 12.8. The summed E-state index contributed by atoms with van der Waals surface area (Å²) in [6.45, 7) is 13.6. The molecule has 4 atom stereocenters. The van der Waals surface area contributed by atoms with E-state index in [4.69, 9.17) is 0 Å². The maximum Gasteiger partial charge on any atom is 0.344 e. The minimum absolute atomic E-state index is 0.0473. The first kappa shape index (κ1) is 19.1. The van der Waals surface area contributed by atoms with Gasteiger partial charge in [0, 0.05) is 5.92 Å². The lowest BCUT2D eigenvalue weighted by molar-refractivity contribution is 0.324. The van der Waals surface area contributed by atoms with Crippen molar-refractivity contribution < 1.29 is 4.57 Å². The number of hydrogen-bond acceptors (Lipinski definition) is 1. The second-order valence-corrected chi connectivity index (χ2v) is 8.77. The second-order valence-electron chi connectivity index (χ2n) is 6.55. The zero-order valence-corrected chi connectivity index (χ0v) is 15.1. The lowest BCUT2D eigenvalue weighted by Gasteiger charge is -2.28. The minimum atomic E-state index is -1.08. The molecular formula is C17H36OP+. The van der Waals surface area contributed by atoms with E-state index < -0.39 is 7.80 Å². The molecule has 0 aromatic carbocycles. The predicted octanol–water partition coefficient (Wildman–Crippen LogP) is 6.64. The van der Waals surface area contributed by atoms with Gasteiger partial charge in [-0.2, -0.15) is 0 Å². The fourth-order valence-electron chi connectivity index (χ4n) is 2.78. The Morgan fingerprint density at radius 2 is 1.63 bits per heavy atom. The summed E-state index contributed by atoms with van der Waals surface area (Å²) in [4.78, 5) is 0. The topological polar surface area (TPSA) is 17.1 Å². The van der Waals surface area contributed by atoms with Crippen LogP contribution in [0.3, 0.4) is 0 Å². The zero-order chi connectivity index (χ0) is 14.9. The van der Waals surface area contributed by atoms with Gasteiger partial charge in [-0.05, 0) is 38.5 Å². The molecule has 4 unspecified atom stereocenters. The highest BCUT2D eigenvalue weighted by molar-refractivity contribution is 7.46. The van der Waals surface area contributed by atoms with Gasteiger partial charge in [0.15, 0.2) is 5.16 Å². The molecule has 0 aliphatic carbocycles. The first-order chi connectivity index (χ1) is 8.92. The molecule has 0 aromatic rings. The van der Waals surface area contributed by atoms with Gasteiger partial charge in [-0.25, -0.2) is 0 Å². The van der Waals surface area contributed by atoms with E-state index in [0.717, 1.165) is 25.4 Å². The highest BCUT2D eigenvalue weighted by atomic mass is 31.1. The van der Waals surface area contributed by atoms with Crippen LogP contribution >= 0.6 is 7.80 Å². The molecule has 0 aromatic heterocycles. The third-order valence-corrected chi connectivity index (χ3v) is 7.40. The average Bonchev–Trinajstić information content (AvgIpc) is 2.41. The van der Waals surface area contributed by atoms with Crippen LogP contribution in [0.2, 0.25) is 0 Å². The van der Waals surface area contributed by atoms with E-state index in [1.165, 1.54) is 25.7 Å². The van der Waals surface area contributed by atoms with Crippen LogP contribution < -0.4 is 0 Å². The summed E-state index contributed by atoms with van der Waals surface area (Å²) in [6, 6.07) is 0. The Morgan fingerprint density at radius 3 is 2.11 bits per heavy atom. The second kappa shape index (κ2) is 9.92. The van der Waals surface area contributed by atoms with Crippen LogP contribution in [0.5, 0.6) is 0 Å². The summed E-state index contributed by atoms with van der Waals surface area (Å²) in [6.07, 6.45) is 9.34. The number of hydrogen-bond donors (Lipinski definition) is 0. The summed E-state index contributed by atoms with van der Waals surface area (Å²) in [7, 11) is -1.08. The molecular weight excluding hydrogens is 251 g/mol. The molecule has 0 heterocycles. The SMILES string of the molecule is CCCCCC[P+](=O)C(C)(CC(C)CC)C(C)CC. The van der Waals surface area contributed by atoms with E-state index in [9.17, 15) is 4.57 Å². The molecule has 2 heteroatoms. The molecule has 0 rings (SSSR count). The van der Waals surface area contributed by atoms with Crippen molar-refractivity contribution in [2.24, 2.45) is 11.8 Å². The first-order valence-corrected chi connectivity index (χ1v) is 9.81. The van der Waals surface area contributed by atoms with Gasteiger partial charge in [-0.3, -0.25) is 0 Å². The molecule has 0 aliphatic heterocycles. The average molecular weight is 287 g/mol. The molecule has 0 N–H and O–H groups in total. The minimum Gasteiger partial charge on any atom is -0.0742 e. The standard InChI is InChI=1S/C17H36OP/c1-7-10-11-12-13-19(18)17(6,16(5)9-3)14-15(4)8-2/h15-16H,7-14H2,1-6H3/q+1. The van der Waals surface area contributed by atoms with E-state index in [-0.39, 0.29) is 5.16 Å². The lowest BCUT2D eigenvalue weighted by Crippen LogP contribution is -2.31. The molecule has 0 spiro atoms. The number of rotatable bonds is 11. The lowest BCUT2D eigenvalue weighted by atomic mass is 9.84. The van der Waals surface area contributed by atoms with Crippen LogP contribution in [0.4, 0.5) is 0 Å². The molecule has 0 aliphatic rings. The summed E-state index contributed by atoms with van der Waals surface area (Å²) < 4.78 is 12.8. The predicted molar refractivity (Wildman–Crippen MR) is 88.5 cm³/mol. The Balaban J connectivity index is 4.59. The van der Waals surface area contributed by atoms with Crippen molar-refractivity contribution in [3.8, 4) is 0 Å². The third kappa shape index (κ3) is 6.39. The Bertz CT molecular complexity index is 252. The first-order valence-electron chi connectivity index (χ1n) is 8.37. The van der Waals surface area contributed by atoms with Gasteiger partial charge in [-0.1, -0.05) is 58.4 Å². The molecule has 1 nitrogen and oxygen atoms in total. The Hall–Kier alpha value is 0.100. The van der Waals surface area contributed by atoms with Gasteiger partial charge in [-0.15, -0.1) is 0 Å². The molecule has 0 radical (unpaired) electrons. The largest absolute Gasteiger partial charge is 0.344 e. The molecule has 0 saturated carbocycles. The molecule has 0 amide bonds. The summed E-state index contributed by atoms with van der Waals surface area (Å²) >= 11 is 0. The van der Waals surface area contributed by atoms with E-state index in [0.29, 0.717) is 11.8 Å². The van der Waals surface area contributed by atoms with Crippen molar-refractivity contribution in [1.29, 1.82) is 0 Å². The molecule has 0 saturated heterocycles. The van der Waals surface area contributed by atoms with E-state index >= 15 is 0 Å². The quantitative estimate of drug-likeness (QED) is 0.307. The normalized spacial score (nSPS) is 18.7. The van der Waals surface area contributed by atoms with Crippen molar-refractivity contribution in [1.82, 2.24) is 0 Å². The summed E-state index contributed by atoms with van der Waals surface area (Å²) in [5, 5.41) is 0.0473. The fraction of sp³-hybridized carbons (Fsp3) is 1.00. The molecule has 0 bridgehead atoms. The zero-order valence-electron chi connectivity index (χ0n) is 14.2. The fourth-order valence-corrected chi connectivity index (χ4v) is 4.99. The van der Waals surface area contributed by atoms with Gasteiger partial charge in [0.25, 0.3) is 0 Å². The van der Waals surface area contributed by atoms with E-state index in [1.54, 1.807) is 0 Å². The van der Waals surface area contributed by atoms with Gasteiger partial charge < -0.3 is 0 Å². The van der Waals surface area contributed by atoms with Crippen molar-refractivity contribution in [3.05, 3.63) is 0 Å². The van der Waals surface area contributed by atoms with Gasteiger partial charge in [0.1, 0.15) is 6.16 Å². The van der Waals surface area contributed by atoms with Crippen LogP contribution in [0, 0.1) is 11.8 Å². The van der Waals surface area contributed by atoms with Crippen LogP contribution in [0.1, 0.15) is 86.5 Å². The summed E-state index contributed by atoms with van der Waals surface area (Å²) in [5.74, 6) is 1.25. The highest BCUT2D eigenvalue weighted by Crippen LogP contribution is 2.50. The van der Waals surface area contributed by atoms with Crippen molar-refractivity contribution >= 4 is 7.80 Å². The number of unbranched alkanes of at least 4 members (excludes halogenated alkanes) is 3. The third-order valence-electron chi connectivity index (χ3n) is 4.92. The van der Waals surface area contributed by atoms with Crippen molar-refractivity contribution in [2.45, 2.75) is 91.6 Å². The van der Waals surface area contributed by atoms with Gasteiger partial charge in [0.05, 0.1) is 0 Å². The smallest absolute Gasteiger partial charge is 0.0742 e. The molecule has 0 fully saturated rings. The highest BCUT2D eigenvalue weighted by Gasteiger charge is 2.47. The van der Waals surface area contributed by atoms with E-state index in [2.05, 4.69) is 41.5 Å². The van der Waals surface area contributed by atoms with Crippen molar-refractivity contribution in [3.63, 3.8) is 0 Å². The molecule has 114 valence electrons.